The van der Waals surface area contributed by atoms with Crippen LogP contribution in [0.1, 0.15) is 17.2 Å². The standard InChI is InChI=1S/C16H18BrN3O/c1-11-6-7-13(9-14(11)17)19-16(21)15(20(2)3)12-5-4-8-18-10-12/h4-10,15H,1-3H3,(H,19,21). The second kappa shape index (κ2) is 6.83. The molecule has 0 aliphatic rings. The summed E-state index contributed by atoms with van der Waals surface area (Å²) in [6, 6.07) is 9.13. The minimum Gasteiger partial charge on any atom is -0.324 e. The van der Waals surface area contributed by atoms with E-state index in [4.69, 9.17) is 0 Å². The van der Waals surface area contributed by atoms with E-state index < -0.39 is 0 Å². The van der Waals surface area contributed by atoms with Crippen molar-refractivity contribution in [3.05, 3.63) is 58.3 Å². The molecular formula is C16H18BrN3O. The number of amides is 1. The molecule has 1 heterocycles. The summed E-state index contributed by atoms with van der Waals surface area (Å²) in [7, 11) is 3.75. The first-order valence-corrected chi connectivity index (χ1v) is 7.41. The molecule has 110 valence electrons. The number of halogens is 1. The molecule has 0 aliphatic carbocycles. The maximum absolute atomic E-state index is 12.6. The van der Waals surface area contributed by atoms with Gasteiger partial charge in [0.25, 0.3) is 0 Å². The number of nitrogens with one attached hydrogen (secondary N) is 1. The molecule has 0 radical (unpaired) electrons. The largest absolute Gasteiger partial charge is 0.324 e. The van der Waals surface area contributed by atoms with Crippen LogP contribution in [0.4, 0.5) is 5.69 Å². The fourth-order valence-corrected chi connectivity index (χ4v) is 2.48. The number of nitrogens with zero attached hydrogens (tertiary/aromatic N) is 2. The number of likely N-dealkylation sites (N-methyl/N-ethyl adjacent to an activating group) is 1. The highest BCUT2D eigenvalue weighted by Crippen LogP contribution is 2.23. The molecule has 0 aliphatic heterocycles. The van der Waals surface area contributed by atoms with E-state index in [0.29, 0.717) is 0 Å². The van der Waals surface area contributed by atoms with Gasteiger partial charge >= 0.3 is 0 Å². The number of pyridine rings is 1. The molecule has 4 nitrogen and oxygen atoms in total. The summed E-state index contributed by atoms with van der Waals surface area (Å²) in [6.45, 7) is 2.01. The van der Waals surface area contributed by atoms with Crippen molar-refractivity contribution < 1.29 is 4.79 Å². The lowest BCUT2D eigenvalue weighted by atomic mass is 10.1. The van der Waals surface area contributed by atoms with Crippen molar-refractivity contribution in [3.8, 4) is 0 Å². The molecule has 1 N–H and O–H groups in total. The lowest BCUT2D eigenvalue weighted by molar-refractivity contribution is -0.120. The molecule has 1 amide bonds. The first-order chi connectivity index (χ1) is 9.99. The average molecular weight is 348 g/mol. The van der Waals surface area contributed by atoms with Gasteiger partial charge in [-0.05, 0) is 50.3 Å². The summed E-state index contributed by atoms with van der Waals surface area (Å²) in [6.07, 6.45) is 3.42. The van der Waals surface area contributed by atoms with Crippen LogP contribution in [0, 0.1) is 6.92 Å². The van der Waals surface area contributed by atoms with Gasteiger partial charge in [-0.25, -0.2) is 0 Å². The highest BCUT2D eigenvalue weighted by Gasteiger charge is 2.23. The molecule has 1 aromatic heterocycles. The van der Waals surface area contributed by atoms with Crippen LogP contribution in [-0.4, -0.2) is 29.9 Å². The molecule has 1 atom stereocenters. The molecule has 0 spiro atoms. The van der Waals surface area contributed by atoms with Gasteiger partial charge in [0, 0.05) is 22.6 Å². The number of hydrogen-bond donors (Lipinski definition) is 1. The average Bonchev–Trinajstić information content (AvgIpc) is 2.44. The summed E-state index contributed by atoms with van der Waals surface area (Å²) in [5.74, 6) is -0.0799. The Bertz CT molecular complexity index is 629. The summed E-state index contributed by atoms with van der Waals surface area (Å²) < 4.78 is 0.975. The van der Waals surface area contributed by atoms with Crippen molar-refractivity contribution in [1.82, 2.24) is 9.88 Å². The first-order valence-electron chi connectivity index (χ1n) is 6.62. The van der Waals surface area contributed by atoms with Crippen molar-refractivity contribution in [2.45, 2.75) is 13.0 Å². The summed E-state index contributed by atoms with van der Waals surface area (Å²) in [5, 5.41) is 2.95. The van der Waals surface area contributed by atoms with Gasteiger partial charge in [-0.15, -0.1) is 0 Å². The number of aromatic nitrogens is 1. The smallest absolute Gasteiger partial charge is 0.246 e. The Morgan fingerprint density at radius 2 is 2.10 bits per heavy atom. The minimum absolute atomic E-state index is 0.0799. The SMILES string of the molecule is Cc1ccc(NC(=O)C(c2cccnc2)N(C)C)cc1Br. The van der Waals surface area contributed by atoms with Gasteiger partial charge in [-0.2, -0.15) is 0 Å². The third-order valence-electron chi connectivity index (χ3n) is 3.20. The molecule has 5 heteroatoms. The third-order valence-corrected chi connectivity index (χ3v) is 4.06. The molecule has 1 aromatic carbocycles. The zero-order chi connectivity index (χ0) is 15.4. The number of carbonyl (C=O) groups is 1. The van der Waals surface area contributed by atoms with E-state index >= 15 is 0 Å². The molecule has 0 fully saturated rings. The van der Waals surface area contributed by atoms with Crippen molar-refractivity contribution in [1.29, 1.82) is 0 Å². The maximum atomic E-state index is 12.6. The lowest BCUT2D eigenvalue weighted by Crippen LogP contribution is -2.32. The zero-order valence-electron chi connectivity index (χ0n) is 12.3. The van der Waals surface area contributed by atoms with Gasteiger partial charge in [0.15, 0.2) is 0 Å². The van der Waals surface area contributed by atoms with Gasteiger partial charge in [-0.1, -0.05) is 28.1 Å². The molecule has 0 saturated heterocycles. The topological polar surface area (TPSA) is 45.2 Å². The molecule has 1 unspecified atom stereocenters. The summed E-state index contributed by atoms with van der Waals surface area (Å²) in [5.41, 5.74) is 2.77. The first kappa shape index (κ1) is 15.7. The quantitative estimate of drug-likeness (QED) is 0.921. The second-order valence-corrected chi connectivity index (χ2v) is 5.96. The number of anilines is 1. The number of benzene rings is 1. The summed E-state index contributed by atoms with van der Waals surface area (Å²) >= 11 is 3.48. The Kier molecular flexibility index (Phi) is 5.09. The van der Waals surface area contributed by atoms with Crippen molar-refractivity contribution in [2.24, 2.45) is 0 Å². The van der Waals surface area contributed by atoms with Crippen molar-refractivity contribution in [3.63, 3.8) is 0 Å². The van der Waals surface area contributed by atoms with Crippen LogP contribution in [0.15, 0.2) is 47.2 Å². The minimum atomic E-state index is -0.376. The fourth-order valence-electron chi connectivity index (χ4n) is 2.10. The van der Waals surface area contributed by atoms with Gasteiger partial charge < -0.3 is 5.32 Å². The van der Waals surface area contributed by atoms with Gasteiger partial charge in [0.2, 0.25) is 5.91 Å². The third kappa shape index (κ3) is 3.89. The Morgan fingerprint density at radius 1 is 1.33 bits per heavy atom. The highest BCUT2D eigenvalue weighted by molar-refractivity contribution is 9.10. The number of carbonyl (C=O) groups excluding carboxylic acids is 1. The Balaban J connectivity index is 2.21. The van der Waals surface area contributed by atoms with E-state index in [0.717, 1.165) is 21.3 Å². The zero-order valence-corrected chi connectivity index (χ0v) is 13.9. The molecule has 21 heavy (non-hydrogen) atoms. The fraction of sp³-hybridized carbons (Fsp3) is 0.250. The van der Waals surface area contributed by atoms with Crippen LogP contribution in [0.5, 0.6) is 0 Å². The van der Waals surface area contributed by atoms with E-state index in [9.17, 15) is 4.79 Å². The molecule has 2 aromatic rings. The van der Waals surface area contributed by atoms with Gasteiger partial charge in [-0.3, -0.25) is 14.7 Å². The Morgan fingerprint density at radius 3 is 2.67 bits per heavy atom. The second-order valence-electron chi connectivity index (χ2n) is 5.11. The van der Waals surface area contributed by atoms with Gasteiger partial charge in [0.1, 0.15) is 6.04 Å². The van der Waals surface area contributed by atoms with Crippen LogP contribution in [-0.2, 0) is 4.79 Å². The molecule has 0 bridgehead atoms. The van der Waals surface area contributed by atoms with E-state index in [1.54, 1.807) is 12.4 Å². The number of hydrogen-bond acceptors (Lipinski definition) is 3. The van der Waals surface area contributed by atoms with E-state index in [2.05, 4.69) is 26.2 Å². The van der Waals surface area contributed by atoms with E-state index in [-0.39, 0.29) is 11.9 Å². The lowest BCUT2D eigenvalue weighted by Gasteiger charge is -2.23. The number of rotatable bonds is 4. The predicted octanol–water partition coefficient (Wildman–Crippen LogP) is 3.39. The van der Waals surface area contributed by atoms with Crippen LogP contribution >= 0.6 is 15.9 Å². The van der Waals surface area contributed by atoms with Crippen LogP contribution in [0.2, 0.25) is 0 Å². The molecule has 0 saturated carbocycles. The Hall–Kier alpha value is -1.72. The van der Waals surface area contributed by atoms with Crippen LogP contribution < -0.4 is 5.32 Å². The van der Waals surface area contributed by atoms with E-state index in [1.807, 2.05) is 56.3 Å². The van der Waals surface area contributed by atoms with E-state index in [1.165, 1.54) is 0 Å². The Labute approximate surface area is 133 Å². The van der Waals surface area contributed by atoms with Crippen LogP contribution in [0.25, 0.3) is 0 Å². The van der Waals surface area contributed by atoms with Crippen molar-refractivity contribution >= 4 is 27.5 Å². The van der Waals surface area contributed by atoms with Crippen molar-refractivity contribution in [2.75, 3.05) is 19.4 Å². The van der Waals surface area contributed by atoms with Crippen LogP contribution in [0.3, 0.4) is 0 Å². The summed E-state index contributed by atoms with van der Waals surface area (Å²) in [4.78, 5) is 18.5. The molecule has 2 rings (SSSR count). The normalized spacial score (nSPS) is 12.2. The maximum Gasteiger partial charge on any atom is 0.246 e. The predicted molar refractivity (Wildman–Crippen MR) is 88.2 cm³/mol. The van der Waals surface area contributed by atoms with Gasteiger partial charge in [0.05, 0.1) is 0 Å². The monoisotopic (exact) mass is 347 g/mol. The highest BCUT2D eigenvalue weighted by atomic mass is 79.9. The molecular weight excluding hydrogens is 330 g/mol. The number of aryl methyl sites for hydroxylation is 1.